The van der Waals surface area contributed by atoms with Crippen molar-refractivity contribution in [3.8, 4) is 0 Å². The minimum atomic E-state index is -4.20. The van der Waals surface area contributed by atoms with E-state index in [1.807, 2.05) is 13.8 Å². The van der Waals surface area contributed by atoms with Gasteiger partial charge < -0.3 is 11.1 Å². The predicted octanol–water partition coefficient (Wildman–Crippen LogP) is 6.12. The summed E-state index contributed by atoms with van der Waals surface area (Å²) in [6.45, 7) is 5.57. The largest absolute Gasteiger partial charge is 0.368 e. The highest BCUT2D eigenvalue weighted by atomic mass is 35.5. The molecule has 1 heterocycles. The molecule has 3 N–H and O–H groups in total. The van der Waals surface area contributed by atoms with Gasteiger partial charge in [0.05, 0.1) is 17.0 Å². The molecule has 7 nitrogen and oxygen atoms in total. The summed E-state index contributed by atoms with van der Waals surface area (Å²) < 4.78 is 30.6. The highest BCUT2D eigenvalue weighted by Gasteiger charge is 2.45. The molecule has 216 valence electrons. The van der Waals surface area contributed by atoms with Gasteiger partial charge in [-0.1, -0.05) is 85.6 Å². The second kappa shape index (κ2) is 12.8. The summed E-state index contributed by atoms with van der Waals surface area (Å²) in [5, 5.41) is 3.67. The number of hydrogen-bond acceptors (Lipinski definition) is 4. The second-order valence-electron chi connectivity index (χ2n) is 10.6. The van der Waals surface area contributed by atoms with Crippen LogP contribution in [0.25, 0.3) is 0 Å². The molecule has 3 aromatic rings. The van der Waals surface area contributed by atoms with E-state index in [0.717, 1.165) is 0 Å². The van der Waals surface area contributed by atoms with Crippen LogP contribution in [0.5, 0.6) is 0 Å². The van der Waals surface area contributed by atoms with E-state index in [1.54, 1.807) is 85.8 Å². The van der Waals surface area contributed by atoms with Crippen molar-refractivity contribution in [1.29, 1.82) is 0 Å². The first-order valence-electron chi connectivity index (χ1n) is 13.3. The summed E-state index contributed by atoms with van der Waals surface area (Å²) in [7, 11) is -4.20. The van der Waals surface area contributed by atoms with Crippen molar-refractivity contribution in [3.05, 3.63) is 111 Å². The van der Waals surface area contributed by atoms with Gasteiger partial charge in [-0.3, -0.25) is 9.59 Å². The van der Waals surface area contributed by atoms with Crippen LogP contribution in [0.15, 0.2) is 89.3 Å². The number of nitrogens with zero attached hydrogens (tertiary/aromatic N) is 1. The second-order valence-corrected chi connectivity index (χ2v) is 13.3. The quantitative estimate of drug-likeness (QED) is 0.303. The number of rotatable bonds is 9. The molecule has 0 radical (unpaired) electrons. The van der Waals surface area contributed by atoms with Crippen molar-refractivity contribution in [2.75, 3.05) is 0 Å². The molecule has 2 amide bonds. The minimum absolute atomic E-state index is 0.0871. The molecule has 41 heavy (non-hydrogen) atoms. The number of nitrogens with two attached hydrogens (primary N) is 1. The normalized spacial score (nSPS) is 18.5. The van der Waals surface area contributed by atoms with Gasteiger partial charge in [-0.15, -0.1) is 0 Å². The molecule has 3 atom stereocenters. The summed E-state index contributed by atoms with van der Waals surface area (Å²) in [6.07, 6.45) is 2.28. The number of benzene rings is 3. The van der Waals surface area contributed by atoms with Crippen LogP contribution >= 0.6 is 23.2 Å². The number of amides is 2. The summed E-state index contributed by atoms with van der Waals surface area (Å²) in [5.74, 6) is -1.14. The lowest BCUT2D eigenvalue weighted by atomic mass is 9.88. The summed E-state index contributed by atoms with van der Waals surface area (Å²) in [6, 6.07) is 17.9. The average Bonchev–Trinajstić information content (AvgIpc) is 2.92. The highest BCUT2D eigenvalue weighted by molar-refractivity contribution is 7.89. The van der Waals surface area contributed by atoms with Gasteiger partial charge in [-0.05, 0) is 72.7 Å². The van der Waals surface area contributed by atoms with E-state index in [4.69, 9.17) is 28.9 Å². The Morgan fingerprint density at radius 1 is 0.976 bits per heavy atom. The predicted molar refractivity (Wildman–Crippen MR) is 162 cm³/mol. The van der Waals surface area contributed by atoms with Crippen LogP contribution in [0.3, 0.4) is 0 Å². The molecule has 0 spiro atoms. The van der Waals surface area contributed by atoms with E-state index < -0.39 is 40.0 Å². The number of nitrogens with one attached hydrogen (secondary N) is 1. The molecule has 0 aliphatic carbocycles. The fraction of sp³-hybridized carbons (Fsp3) is 0.290. The van der Waals surface area contributed by atoms with E-state index in [-0.39, 0.29) is 22.8 Å². The average molecular weight is 615 g/mol. The van der Waals surface area contributed by atoms with Gasteiger partial charge >= 0.3 is 0 Å². The Kier molecular flexibility index (Phi) is 9.59. The van der Waals surface area contributed by atoms with Crippen molar-refractivity contribution in [2.45, 2.75) is 56.6 Å². The Balaban J connectivity index is 1.94. The van der Waals surface area contributed by atoms with Gasteiger partial charge in [-0.2, -0.15) is 4.31 Å². The number of primary amides is 1. The lowest BCUT2D eigenvalue weighted by Crippen LogP contribution is -2.49. The molecule has 0 bridgehead atoms. The SMILES string of the molecule is Cc1ccccc1S(=O)(=O)N1C(c2ccc(Cl)cc2)CC=C(C(=O)N[C@@H](CC(C)C)C(N)=O)C1c1cccc(Cl)c1. The number of carbonyl (C=O) groups is 2. The van der Waals surface area contributed by atoms with Crippen LogP contribution in [0.4, 0.5) is 0 Å². The van der Waals surface area contributed by atoms with E-state index in [0.29, 0.717) is 33.2 Å². The maximum absolute atomic E-state index is 14.6. The summed E-state index contributed by atoms with van der Waals surface area (Å²) >= 11 is 12.5. The first-order chi connectivity index (χ1) is 19.4. The first kappa shape index (κ1) is 30.8. The molecule has 0 fully saturated rings. The van der Waals surface area contributed by atoms with Gasteiger partial charge in [0, 0.05) is 15.6 Å². The molecule has 0 saturated carbocycles. The van der Waals surface area contributed by atoms with Crippen LogP contribution in [-0.2, 0) is 19.6 Å². The van der Waals surface area contributed by atoms with Crippen molar-refractivity contribution in [1.82, 2.24) is 9.62 Å². The Bertz CT molecular complexity index is 1570. The molecular formula is C31H33Cl2N3O4S. The number of sulfonamides is 1. The monoisotopic (exact) mass is 613 g/mol. The fourth-order valence-electron chi connectivity index (χ4n) is 5.18. The lowest BCUT2D eigenvalue weighted by molar-refractivity contribution is -0.126. The molecule has 2 unspecified atom stereocenters. The van der Waals surface area contributed by atoms with Crippen molar-refractivity contribution < 1.29 is 18.0 Å². The van der Waals surface area contributed by atoms with Crippen LogP contribution in [0.1, 0.15) is 55.5 Å². The van der Waals surface area contributed by atoms with Crippen LogP contribution in [-0.4, -0.2) is 30.6 Å². The fourth-order valence-corrected chi connectivity index (χ4v) is 7.52. The number of aryl methyl sites for hydroxylation is 1. The third-order valence-electron chi connectivity index (χ3n) is 7.10. The lowest BCUT2D eigenvalue weighted by Gasteiger charge is -2.41. The Labute approximate surface area is 251 Å². The Morgan fingerprint density at radius 2 is 1.66 bits per heavy atom. The molecule has 10 heteroatoms. The van der Waals surface area contributed by atoms with E-state index >= 15 is 0 Å². The van der Waals surface area contributed by atoms with Crippen LogP contribution < -0.4 is 11.1 Å². The third-order valence-corrected chi connectivity index (χ3v) is 9.62. The summed E-state index contributed by atoms with van der Waals surface area (Å²) in [5.41, 5.74) is 7.59. The zero-order valence-electron chi connectivity index (χ0n) is 23.1. The zero-order valence-corrected chi connectivity index (χ0v) is 25.4. The summed E-state index contributed by atoms with van der Waals surface area (Å²) in [4.78, 5) is 26.2. The third kappa shape index (κ3) is 6.84. The van der Waals surface area contributed by atoms with E-state index in [2.05, 4.69) is 5.32 Å². The highest BCUT2D eigenvalue weighted by Crippen LogP contribution is 2.46. The smallest absolute Gasteiger partial charge is 0.249 e. The molecule has 4 rings (SSSR count). The molecule has 0 aromatic heterocycles. The van der Waals surface area contributed by atoms with Crippen LogP contribution in [0, 0.1) is 12.8 Å². The van der Waals surface area contributed by atoms with E-state index in [9.17, 15) is 18.0 Å². The topological polar surface area (TPSA) is 110 Å². The first-order valence-corrected chi connectivity index (χ1v) is 15.5. The number of halogens is 2. The van der Waals surface area contributed by atoms with E-state index in [1.165, 1.54) is 4.31 Å². The molecule has 1 aliphatic heterocycles. The minimum Gasteiger partial charge on any atom is -0.368 e. The number of hydrogen-bond donors (Lipinski definition) is 2. The van der Waals surface area contributed by atoms with Crippen molar-refractivity contribution in [2.24, 2.45) is 11.7 Å². The van der Waals surface area contributed by atoms with Gasteiger partial charge in [-0.25, -0.2) is 8.42 Å². The zero-order chi connectivity index (χ0) is 29.9. The molecule has 0 saturated heterocycles. The van der Waals surface area contributed by atoms with Gasteiger partial charge in [0.15, 0.2) is 0 Å². The Morgan fingerprint density at radius 3 is 2.27 bits per heavy atom. The molecule has 1 aliphatic rings. The van der Waals surface area contributed by atoms with Crippen molar-refractivity contribution in [3.63, 3.8) is 0 Å². The van der Waals surface area contributed by atoms with Gasteiger partial charge in [0.2, 0.25) is 21.8 Å². The maximum Gasteiger partial charge on any atom is 0.249 e. The van der Waals surface area contributed by atoms with Crippen LogP contribution in [0.2, 0.25) is 10.0 Å². The van der Waals surface area contributed by atoms with Gasteiger partial charge in [0.25, 0.3) is 0 Å². The molecule has 3 aromatic carbocycles. The Hall–Kier alpha value is -3.17. The molecular weight excluding hydrogens is 581 g/mol. The standard InChI is InChI=1S/C31H33Cl2N3O4S/c1-19(2)17-26(30(34)37)35-31(38)25-15-16-27(21-11-13-23(32)14-12-21)36(29(25)22-8-6-9-24(33)18-22)41(39,40)28-10-5-4-7-20(28)3/h4-15,18-19,26-27,29H,16-17H2,1-3H3,(H2,34,37)(H,35,38)/t26-,27?,29?/m0/s1. The maximum atomic E-state index is 14.6. The number of carbonyl (C=O) groups excluding carboxylic acids is 2. The van der Waals surface area contributed by atoms with Gasteiger partial charge in [0.1, 0.15) is 6.04 Å². The van der Waals surface area contributed by atoms with Crippen molar-refractivity contribution >= 4 is 45.0 Å².